The van der Waals surface area contributed by atoms with Crippen LogP contribution in [0.3, 0.4) is 0 Å². The number of amides is 3. The van der Waals surface area contributed by atoms with Crippen molar-refractivity contribution in [3.63, 3.8) is 0 Å². The van der Waals surface area contributed by atoms with Crippen molar-refractivity contribution in [2.75, 3.05) is 32.7 Å². The number of ether oxygens (including phenoxy) is 1. The number of hydrogen-bond acceptors (Lipinski definition) is 3. The van der Waals surface area contributed by atoms with E-state index in [-0.39, 0.29) is 24.1 Å². The maximum Gasteiger partial charge on any atom is 0.317 e. The van der Waals surface area contributed by atoms with E-state index >= 15 is 0 Å². The summed E-state index contributed by atoms with van der Waals surface area (Å²) in [6.45, 7) is 7.29. The molecule has 6 heteroatoms. The zero-order valence-corrected chi connectivity index (χ0v) is 13.1. The van der Waals surface area contributed by atoms with E-state index in [1.807, 2.05) is 18.7 Å². The number of morpholine rings is 1. The maximum atomic E-state index is 12.1. The Morgan fingerprint density at radius 1 is 1.05 bits per heavy atom. The Morgan fingerprint density at radius 3 is 2.29 bits per heavy atom. The number of urea groups is 1. The van der Waals surface area contributed by atoms with Gasteiger partial charge in [-0.25, -0.2) is 4.79 Å². The van der Waals surface area contributed by atoms with Crippen LogP contribution < -0.4 is 5.32 Å². The molecule has 2 aliphatic rings. The molecule has 0 aromatic heterocycles. The second-order valence-electron chi connectivity index (χ2n) is 6.09. The SMILES string of the molecule is CC1CN(C(=O)NCCC(=O)N2CCCCC2)CC(C)O1. The van der Waals surface area contributed by atoms with Gasteiger partial charge in [0.1, 0.15) is 0 Å². The smallest absolute Gasteiger partial charge is 0.317 e. The highest BCUT2D eigenvalue weighted by molar-refractivity contribution is 5.78. The van der Waals surface area contributed by atoms with Crippen LogP contribution in [0.2, 0.25) is 0 Å². The molecular formula is C15H27N3O3. The first-order valence-corrected chi connectivity index (χ1v) is 8.02. The van der Waals surface area contributed by atoms with E-state index in [0.29, 0.717) is 26.1 Å². The molecule has 2 atom stereocenters. The third-order valence-corrected chi connectivity index (χ3v) is 4.03. The summed E-state index contributed by atoms with van der Waals surface area (Å²) in [5.41, 5.74) is 0. The van der Waals surface area contributed by atoms with Crippen LogP contribution in [0.15, 0.2) is 0 Å². The fraction of sp³-hybridized carbons (Fsp3) is 0.867. The minimum atomic E-state index is -0.0940. The molecule has 3 amide bonds. The van der Waals surface area contributed by atoms with Gasteiger partial charge in [0.15, 0.2) is 0 Å². The summed E-state index contributed by atoms with van der Waals surface area (Å²) >= 11 is 0. The molecule has 0 bridgehead atoms. The van der Waals surface area contributed by atoms with Crippen molar-refractivity contribution < 1.29 is 14.3 Å². The Balaban J connectivity index is 1.67. The molecule has 2 fully saturated rings. The summed E-state index contributed by atoms with van der Waals surface area (Å²) in [5.74, 6) is 0.152. The molecular weight excluding hydrogens is 270 g/mol. The summed E-state index contributed by atoms with van der Waals surface area (Å²) in [6, 6.07) is -0.0940. The van der Waals surface area contributed by atoms with E-state index in [4.69, 9.17) is 4.74 Å². The molecule has 2 rings (SSSR count). The number of nitrogens with zero attached hydrogens (tertiary/aromatic N) is 2. The highest BCUT2D eigenvalue weighted by Gasteiger charge is 2.25. The zero-order chi connectivity index (χ0) is 15.2. The molecule has 21 heavy (non-hydrogen) atoms. The topological polar surface area (TPSA) is 61.9 Å². The minimum Gasteiger partial charge on any atom is -0.372 e. The molecule has 2 saturated heterocycles. The maximum absolute atomic E-state index is 12.1. The number of carbonyl (C=O) groups is 2. The lowest BCUT2D eigenvalue weighted by Gasteiger charge is -2.35. The van der Waals surface area contributed by atoms with Gasteiger partial charge in [-0.3, -0.25) is 4.79 Å². The Hall–Kier alpha value is -1.30. The van der Waals surface area contributed by atoms with Crippen molar-refractivity contribution in [2.45, 2.75) is 51.7 Å². The normalized spacial score (nSPS) is 26.6. The van der Waals surface area contributed by atoms with E-state index in [9.17, 15) is 9.59 Å². The number of likely N-dealkylation sites (tertiary alicyclic amines) is 1. The highest BCUT2D eigenvalue weighted by Crippen LogP contribution is 2.11. The van der Waals surface area contributed by atoms with Crippen LogP contribution in [-0.4, -0.2) is 66.7 Å². The average molecular weight is 297 g/mol. The summed E-state index contributed by atoms with van der Waals surface area (Å²) in [7, 11) is 0. The van der Waals surface area contributed by atoms with Crippen LogP contribution >= 0.6 is 0 Å². The van der Waals surface area contributed by atoms with E-state index < -0.39 is 0 Å². The number of carbonyl (C=O) groups excluding carboxylic acids is 2. The Morgan fingerprint density at radius 2 is 1.67 bits per heavy atom. The molecule has 0 aromatic carbocycles. The van der Waals surface area contributed by atoms with Gasteiger partial charge in [-0.1, -0.05) is 0 Å². The first-order valence-electron chi connectivity index (χ1n) is 8.02. The zero-order valence-electron chi connectivity index (χ0n) is 13.1. The summed E-state index contributed by atoms with van der Waals surface area (Å²) < 4.78 is 5.61. The van der Waals surface area contributed by atoms with Gasteiger partial charge in [0, 0.05) is 39.1 Å². The number of piperidine rings is 1. The predicted octanol–water partition coefficient (Wildman–Crippen LogP) is 1.21. The van der Waals surface area contributed by atoms with Crippen molar-refractivity contribution >= 4 is 11.9 Å². The van der Waals surface area contributed by atoms with Crippen LogP contribution in [0.25, 0.3) is 0 Å². The van der Waals surface area contributed by atoms with Gasteiger partial charge in [-0.2, -0.15) is 0 Å². The lowest BCUT2D eigenvalue weighted by molar-refractivity contribution is -0.131. The van der Waals surface area contributed by atoms with Gasteiger partial charge < -0.3 is 19.9 Å². The van der Waals surface area contributed by atoms with Crippen LogP contribution in [0.4, 0.5) is 4.79 Å². The highest BCUT2D eigenvalue weighted by atomic mass is 16.5. The first-order chi connectivity index (χ1) is 10.1. The van der Waals surface area contributed by atoms with E-state index in [0.717, 1.165) is 25.9 Å². The molecule has 0 spiro atoms. The van der Waals surface area contributed by atoms with Gasteiger partial charge in [0.25, 0.3) is 0 Å². The van der Waals surface area contributed by atoms with E-state index in [1.54, 1.807) is 4.90 Å². The molecule has 0 aliphatic carbocycles. The van der Waals surface area contributed by atoms with Crippen LogP contribution in [0, 0.1) is 0 Å². The Kier molecular flexibility index (Phi) is 5.85. The minimum absolute atomic E-state index is 0.0643. The summed E-state index contributed by atoms with van der Waals surface area (Å²) in [6.07, 6.45) is 3.93. The van der Waals surface area contributed by atoms with Gasteiger partial charge in [0.2, 0.25) is 5.91 Å². The molecule has 2 heterocycles. The molecule has 0 aromatic rings. The van der Waals surface area contributed by atoms with Crippen molar-refractivity contribution in [1.29, 1.82) is 0 Å². The van der Waals surface area contributed by atoms with Crippen LogP contribution in [0.5, 0.6) is 0 Å². The van der Waals surface area contributed by atoms with Crippen molar-refractivity contribution in [1.82, 2.24) is 15.1 Å². The van der Waals surface area contributed by atoms with Crippen molar-refractivity contribution in [2.24, 2.45) is 0 Å². The lowest BCUT2D eigenvalue weighted by Crippen LogP contribution is -2.52. The monoisotopic (exact) mass is 297 g/mol. The van der Waals surface area contributed by atoms with Crippen LogP contribution in [0.1, 0.15) is 39.5 Å². The number of rotatable bonds is 3. The molecule has 2 aliphatic heterocycles. The molecule has 6 nitrogen and oxygen atoms in total. The lowest BCUT2D eigenvalue weighted by atomic mass is 10.1. The van der Waals surface area contributed by atoms with Gasteiger partial charge in [-0.05, 0) is 33.1 Å². The Bertz CT molecular complexity index is 359. The second-order valence-corrected chi connectivity index (χ2v) is 6.09. The molecule has 120 valence electrons. The third-order valence-electron chi connectivity index (χ3n) is 4.03. The molecule has 1 N–H and O–H groups in total. The largest absolute Gasteiger partial charge is 0.372 e. The van der Waals surface area contributed by atoms with Gasteiger partial charge >= 0.3 is 6.03 Å². The fourth-order valence-corrected chi connectivity index (χ4v) is 3.03. The Labute approximate surface area is 126 Å². The molecule has 0 saturated carbocycles. The second kappa shape index (κ2) is 7.64. The van der Waals surface area contributed by atoms with Crippen LogP contribution in [-0.2, 0) is 9.53 Å². The predicted molar refractivity (Wildman–Crippen MR) is 80.0 cm³/mol. The van der Waals surface area contributed by atoms with Gasteiger partial charge in [-0.15, -0.1) is 0 Å². The molecule has 0 radical (unpaired) electrons. The number of hydrogen-bond donors (Lipinski definition) is 1. The quantitative estimate of drug-likeness (QED) is 0.851. The molecule has 2 unspecified atom stereocenters. The van der Waals surface area contributed by atoms with E-state index in [2.05, 4.69) is 5.32 Å². The fourth-order valence-electron chi connectivity index (χ4n) is 3.03. The number of nitrogens with one attached hydrogen (secondary N) is 1. The van der Waals surface area contributed by atoms with Crippen molar-refractivity contribution in [3.05, 3.63) is 0 Å². The average Bonchev–Trinajstić information content (AvgIpc) is 2.47. The van der Waals surface area contributed by atoms with Crippen molar-refractivity contribution in [3.8, 4) is 0 Å². The summed E-state index contributed by atoms with van der Waals surface area (Å²) in [5, 5.41) is 2.85. The van der Waals surface area contributed by atoms with E-state index in [1.165, 1.54) is 6.42 Å². The standard InChI is InChI=1S/C15H27N3O3/c1-12-10-18(11-13(2)21-12)15(20)16-7-6-14(19)17-8-4-3-5-9-17/h12-13H,3-11H2,1-2H3,(H,16,20). The third kappa shape index (κ3) is 4.88. The first kappa shape index (κ1) is 16.1. The summed E-state index contributed by atoms with van der Waals surface area (Å²) in [4.78, 5) is 27.8. The van der Waals surface area contributed by atoms with Gasteiger partial charge in [0.05, 0.1) is 12.2 Å².